The van der Waals surface area contributed by atoms with Gasteiger partial charge in [0.25, 0.3) is 0 Å². The first kappa shape index (κ1) is 24.1. The first-order valence-electron chi connectivity index (χ1n) is 12.0. The normalized spacial score (nSPS) is 11.3. The highest BCUT2D eigenvalue weighted by Gasteiger charge is 2.17. The molecule has 0 aliphatic rings. The fourth-order valence-electron chi connectivity index (χ4n) is 4.21. The fraction of sp³-hybridized carbons (Fsp3) is 0.769. The zero-order valence-corrected chi connectivity index (χ0v) is 18.8. The third kappa shape index (κ3) is 8.71. The highest BCUT2D eigenvalue weighted by Crippen LogP contribution is 2.33. The minimum Gasteiger partial charge on any atom is -0.508 e. The fourth-order valence-corrected chi connectivity index (χ4v) is 4.21. The molecule has 0 saturated heterocycles. The third-order valence-corrected chi connectivity index (χ3v) is 5.88. The molecule has 0 aliphatic heterocycles. The average molecular weight is 375 g/mol. The van der Waals surface area contributed by atoms with Gasteiger partial charge in [-0.25, -0.2) is 0 Å². The van der Waals surface area contributed by atoms with E-state index in [9.17, 15) is 5.11 Å². The van der Waals surface area contributed by atoms with Gasteiger partial charge in [0.15, 0.2) is 0 Å². The first-order valence-corrected chi connectivity index (χ1v) is 12.0. The van der Waals surface area contributed by atoms with Gasteiger partial charge in [-0.15, -0.1) is 0 Å². The molecule has 1 aromatic rings. The Morgan fingerprint density at radius 3 is 1.41 bits per heavy atom. The van der Waals surface area contributed by atoms with Crippen molar-refractivity contribution in [2.45, 2.75) is 130 Å². The second-order valence-corrected chi connectivity index (χ2v) is 8.32. The van der Waals surface area contributed by atoms with Crippen LogP contribution in [-0.2, 0) is 25.7 Å². The van der Waals surface area contributed by atoms with Crippen LogP contribution in [-0.4, -0.2) is 5.11 Å². The van der Waals surface area contributed by atoms with Gasteiger partial charge in [-0.05, 0) is 79.7 Å². The molecule has 1 aromatic carbocycles. The third-order valence-electron chi connectivity index (χ3n) is 5.88. The molecule has 0 aliphatic carbocycles. The SMILES string of the molecule is CCCCCc1cc(O)c(CCCCC)c(CCCCC)c1CCCCC. The van der Waals surface area contributed by atoms with Crippen LogP contribution in [0.4, 0.5) is 0 Å². The number of hydrogen-bond donors (Lipinski definition) is 1. The zero-order chi connectivity index (χ0) is 19.9. The highest BCUT2D eigenvalue weighted by atomic mass is 16.3. The van der Waals surface area contributed by atoms with E-state index >= 15 is 0 Å². The molecular weight excluding hydrogens is 328 g/mol. The predicted molar refractivity (Wildman–Crippen MR) is 121 cm³/mol. The van der Waals surface area contributed by atoms with Crippen LogP contribution in [0.2, 0.25) is 0 Å². The number of rotatable bonds is 16. The molecule has 1 heteroatoms. The summed E-state index contributed by atoms with van der Waals surface area (Å²) in [6.45, 7) is 9.10. The van der Waals surface area contributed by atoms with Gasteiger partial charge in [-0.3, -0.25) is 0 Å². The van der Waals surface area contributed by atoms with Gasteiger partial charge in [0.1, 0.15) is 5.75 Å². The van der Waals surface area contributed by atoms with E-state index < -0.39 is 0 Å². The topological polar surface area (TPSA) is 20.2 Å². The molecule has 0 atom stereocenters. The van der Waals surface area contributed by atoms with Crippen molar-refractivity contribution in [3.05, 3.63) is 28.3 Å². The zero-order valence-electron chi connectivity index (χ0n) is 18.8. The summed E-state index contributed by atoms with van der Waals surface area (Å²) in [5.41, 5.74) is 5.87. The number of aryl methyl sites for hydroxylation is 1. The van der Waals surface area contributed by atoms with Crippen LogP contribution in [0.5, 0.6) is 5.75 Å². The number of aromatic hydroxyl groups is 1. The molecule has 0 radical (unpaired) electrons. The molecule has 0 amide bonds. The lowest BCUT2D eigenvalue weighted by Crippen LogP contribution is -2.07. The molecule has 1 rings (SSSR count). The molecule has 0 saturated carbocycles. The van der Waals surface area contributed by atoms with E-state index in [-0.39, 0.29) is 0 Å². The summed E-state index contributed by atoms with van der Waals surface area (Å²) in [6.07, 6.45) is 19.8. The number of hydrogen-bond acceptors (Lipinski definition) is 1. The Morgan fingerprint density at radius 2 is 0.926 bits per heavy atom. The molecule has 156 valence electrons. The van der Waals surface area contributed by atoms with Crippen molar-refractivity contribution >= 4 is 0 Å². The number of phenols is 1. The van der Waals surface area contributed by atoms with Gasteiger partial charge < -0.3 is 5.11 Å². The molecule has 0 unspecified atom stereocenters. The smallest absolute Gasteiger partial charge is 0.119 e. The summed E-state index contributed by atoms with van der Waals surface area (Å²) in [5, 5.41) is 10.9. The molecule has 27 heavy (non-hydrogen) atoms. The Balaban J connectivity index is 3.19. The van der Waals surface area contributed by atoms with Crippen LogP contribution in [0.25, 0.3) is 0 Å². The van der Waals surface area contributed by atoms with E-state index in [1.807, 2.05) is 0 Å². The Hall–Kier alpha value is -0.980. The monoisotopic (exact) mass is 374 g/mol. The quantitative estimate of drug-likeness (QED) is 0.288. The second-order valence-electron chi connectivity index (χ2n) is 8.32. The van der Waals surface area contributed by atoms with Crippen LogP contribution >= 0.6 is 0 Å². The van der Waals surface area contributed by atoms with Gasteiger partial charge in [-0.2, -0.15) is 0 Å². The van der Waals surface area contributed by atoms with Gasteiger partial charge in [-0.1, -0.05) is 79.1 Å². The lowest BCUT2D eigenvalue weighted by molar-refractivity contribution is 0.463. The van der Waals surface area contributed by atoms with Crippen molar-refractivity contribution in [2.75, 3.05) is 0 Å². The second kappa shape index (κ2) is 15.0. The van der Waals surface area contributed by atoms with Gasteiger partial charge in [0.05, 0.1) is 0 Å². The van der Waals surface area contributed by atoms with Crippen LogP contribution in [0.15, 0.2) is 6.07 Å². The lowest BCUT2D eigenvalue weighted by Gasteiger charge is -2.21. The number of phenolic OH excluding ortho intramolecular Hbond substituents is 1. The van der Waals surface area contributed by atoms with E-state index in [2.05, 4.69) is 33.8 Å². The lowest BCUT2D eigenvalue weighted by atomic mass is 9.85. The van der Waals surface area contributed by atoms with E-state index in [1.165, 1.54) is 100 Å². The molecule has 1 N–H and O–H groups in total. The van der Waals surface area contributed by atoms with Crippen molar-refractivity contribution < 1.29 is 5.11 Å². The minimum atomic E-state index is 0.586. The molecule has 0 fully saturated rings. The van der Waals surface area contributed by atoms with Gasteiger partial charge in [0, 0.05) is 0 Å². The number of unbranched alkanes of at least 4 members (excludes halogenated alkanes) is 8. The summed E-state index contributed by atoms with van der Waals surface area (Å²) in [6, 6.07) is 2.14. The van der Waals surface area contributed by atoms with E-state index in [1.54, 1.807) is 5.56 Å². The molecular formula is C26H46O. The first-order chi connectivity index (χ1) is 13.2. The molecule has 0 spiro atoms. The van der Waals surface area contributed by atoms with Crippen LogP contribution in [0.1, 0.15) is 127 Å². The summed E-state index contributed by atoms with van der Waals surface area (Å²) in [5.74, 6) is 0.586. The summed E-state index contributed by atoms with van der Waals surface area (Å²) in [4.78, 5) is 0. The van der Waals surface area contributed by atoms with Crippen LogP contribution < -0.4 is 0 Å². The highest BCUT2D eigenvalue weighted by molar-refractivity contribution is 5.50. The summed E-state index contributed by atoms with van der Waals surface area (Å²) < 4.78 is 0. The van der Waals surface area contributed by atoms with Crippen molar-refractivity contribution in [1.29, 1.82) is 0 Å². The maximum atomic E-state index is 10.9. The van der Waals surface area contributed by atoms with Crippen molar-refractivity contribution in [3.8, 4) is 5.75 Å². The van der Waals surface area contributed by atoms with Crippen molar-refractivity contribution in [1.82, 2.24) is 0 Å². The average Bonchev–Trinajstić information content (AvgIpc) is 2.66. The maximum Gasteiger partial charge on any atom is 0.119 e. The van der Waals surface area contributed by atoms with E-state index in [4.69, 9.17) is 0 Å². The maximum absolute atomic E-state index is 10.9. The Kier molecular flexibility index (Phi) is 13.4. The largest absolute Gasteiger partial charge is 0.508 e. The molecule has 1 nitrogen and oxygen atoms in total. The standard InChI is InChI=1S/C26H46O/c1-5-9-13-17-22-21-26(27)25(20-16-12-8-4)24(19-15-11-7-3)23(22)18-14-10-6-2/h21,27H,5-20H2,1-4H3. The number of benzene rings is 1. The molecule has 0 bridgehead atoms. The van der Waals surface area contributed by atoms with Gasteiger partial charge in [0.2, 0.25) is 0 Å². The van der Waals surface area contributed by atoms with E-state index in [0.29, 0.717) is 5.75 Å². The predicted octanol–water partition coefficient (Wildman–Crippen LogP) is 8.32. The van der Waals surface area contributed by atoms with Crippen molar-refractivity contribution in [2.24, 2.45) is 0 Å². The van der Waals surface area contributed by atoms with E-state index in [0.717, 1.165) is 19.3 Å². The summed E-state index contributed by atoms with van der Waals surface area (Å²) >= 11 is 0. The molecule has 0 heterocycles. The van der Waals surface area contributed by atoms with Crippen LogP contribution in [0, 0.1) is 0 Å². The molecule has 0 aromatic heterocycles. The Bertz CT molecular complexity index is 503. The summed E-state index contributed by atoms with van der Waals surface area (Å²) in [7, 11) is 0. The Morgan fingerprint density at radius 1 is 0.519 bits per heavy atom. The van der Waals surface area contributed by atoms with Gasteiger partial charge >= 0.3 is 0 Å². The van der Waals surface area contributed by atoms with Crippen LogP contribution in [0.3, 0.4) is 0 Å². The Labute approximate surface area is 170 Å². The van der Waals surface area contributed by atoms with Crippen molar-refractivity contribution in [3.63, 3.8) is 0 Å². The minimum absolute atomic E-state index is 0.586.